The van der Waals surface area contributed by atoms with Crippen molar-refractivity contribution in [3.8, 4) is 0 Å². The smallest absolute Gasteiger partial charge is 0.337 e. The number of carboxylic acids is 1. The molecule has 4 rings (SSSR count). The second-order valence-electron chi connectivity index (χ2n) is 10.0. The van der Waals surface area contributed by atoms with Crippen LogP contribution in [0.3, 0.4) is 0 Å². The molecule has 0 unspecified atom stereocenters. The number of hydrogen-bond donors (Lipinski definition) is 1. The predicted molar refractivity (Wildman–Crippen MR) is 108 cm³/mol. The Morgan fingerprint density at radius 2 is 1.74 bits per heavy atom. The van der Waals surface area contributed by atoms with Crippen LogP contribution in [0.4, 0.5) is 0 Å². The van der Waals surface area contributed by atoms with Gasteiger partial charge in [-0.15, -0.1) is 0 Å². The minimum atomic E-state index is -0.920. The molecule has 0 radical (unpaired) electrons. The molecule has 2 aliphatic rings. The summed E-state index contributed by atoms with van der Waals surface area (Å²) in [6.07, 6.45) is 6.00. The van der Waals surface area contributed by atoms with Crippen molar-refractivity contribution in [2.24, 2.45) is 0 Å². The van der Waals surface area contributed by atoms with Crippen LogP contribution in [0.15, 0.2) is 30.5 Å². The van der Waals surface area contributed by atoms with E-state index in [1.54, 1.807) is 6.07 Å². The topological polar surface area (TPSA) is 50.2 Å². The van der Waals surface area contributed by atoms with Gasteiger partial charge in [-0.2, -0.15) is 0 Å². The van der Waals surface area contributed by atoms with E-state index in [1.165, 1.54) is 34.9 Å². The van der Waals surface area contributed by atoms with Gasteiger partial charge in [-0.1, -0.05) is 46.8 Å². The predicted octanol–water partition coefficient (Wildman–Crippen LogP) is 5.38. The lowest BCUT2D eigenvalue weighted by molar-refractivity contribution is 0.0696. The molecule has 0 bridgehead atoms. The van der Waals surface area contributed by atoms with Crippen LogP contribution in [0, 0.1) is 0 Å². The molecule has 1 fully saturated rings. The maximum absolute atomic E-state index is 11.2. The van der Waals surface area contributed by atoms with Crippen LogP contribution in [0.25, 0.3) is 0 Å². The maximum atomic E-state index is 11.2. The van der Waals surface area contributed by atoms with E-state index >= 15 is 0 Å². The number of hydrogen-bond acceptors (Lipinski definition) is 2. The van der Waals surface area contributed by atoms with Gasteiger partial charge < -0.3 is 5.11 Å². The van der Waals surface area contributed by atoms with Crippen LogP contribution >= 0.6 is 0 Å². The lowest BCUT2D eigenvalue weighted by Crippen LogP contribution is -2.20. The van der Waals surface area contributed by atoms with E-state index in [1.807, 2.05) is 6.07 Å². The minimum absolute atomic E-state index is 0.0389. The molecule has 0 saturated heterocycles. The normalized spacial score (nSPS) is 19.6. The lowest BCUT2D eigenvalue weighted by atomic mass is 9.76. The highest BCUT2D eigenvalue weighted by molar-refractivity contribution is 5.87. The van der Waals surface area contributed by atoms with E-state index in [-0.39, 0.29) is 21.8 Å². The minimum Gasteiger partial charge on any atom is -0.478 e. The standard InChI is InChI=1S/C24H29NO2/c1-22(2,3)16-12-18-17(8-9-23(18,4)5)19(13-16)24(10-11-24)20-7-6-15(14-25-20)21(26)27/h6-7,12-14H,8-11H2,1-5H3,(H,26,27). The van der Waals surface area contributed by atoms with Crippen LogP contribution in [0.2, 0.25) is 0 Å². The number of aromatic nitrogens is 1. The molecular formula is C24H29NO2. The Balaban J connectivity index is 1.88. The Kier molecular flexibility index (Phi) is 3.82. The summed E-state index contributed by atoms with van der Waals surface area (Å²) in [5, 5.41) is 9.18. The molecule has 142 valence electrons. The van der Waals surface area contributed by atoms with Crippen LogP contribution in [-0.4, -0.2) is 16.1 Å². The summed E-state index contributed by atoms with van der Waals surface area (Å²) in [4.78, 5) is 15.8. The largest absolute Gasteiger partial charge is 0.478 e. The Morgan fingerprint density at radius 3 is 2.26 bits per heavy atom. The zero-order chi connectivity index (χ0) is 19.6. The highest BCUT2D eigenvalue weighted by Crippen LogP contribution is 2.57. The van der Waals surface area contributed by atoms with Crippen molar-refractivity contribution < 1.29 is 9.90 Å². The first-order chi connectivity index (χ1) is 12.5. The second kappa shape index (κ2) is 5.67. The Morgan fingerprint density at radius 1 is 1.07 bits per heavy atom. The zero-order valence-corrected chi connectivity index (χ0v) is 17.0. The molecule has 0 aliphatic heterocycles. The highest BCUT2D eigenvalue weighted by atomic mass is 16.4. The van der Waals surface area contributed by atoms with Crippen LogP contribution in [0.1, 0.15) is 92.2 Å². The summed E-state index contributed by atoms with van der Waals surface area (Å²) in [6, 6.07) is 8.47. The van der Waals surface area contributed by atoms with Crippen LogP contribution in [0.5, 0.6) is 0 Å². The first-order valence-corrected chi connectivity index (χ1v) is 9.93. The molecule has 27 heavy (non-hydrogen) atoms. The first kappa shape index (κ1) is 18.2. The average Bonchev–Trinajstić information content (AvgIpc) is 3.34. The molecule has 1 N–H and O–H groups in total. The van der Waals surface area contributed by atoms with Crippen molar-refractivity contribution in [3.63, 3.8) is 0 Å². The number of carboxylic acid groups (broad SMARTS) is 1. The fourth-order valence-electron chi connectivity index (χ4n) is 4.57. The molecule has 3 nitrogen and oxygen atoms in total. The second-order valence-corrected chi connectivity index (χ2v) is 10.0. The number of pyridine rings is 1. The van der Waals surface area contributed by atoms with Crippen LogP contribution in [-0.2, 0) is 22.7 Å². The van der Waals surface area contributed by atoms with E-state index in [2.05, 4.69) is 51.7 Å². The average molecular weight is 364 g/mol. The first-order valence-electron chi connectivity index (χ1n) is 9.93. The molecule has 1 aromatic carbocycles. The van der Waals surface area contributed by atoms with Crippen molar-refractivity contribution in [2.45, 2.75) is 76.5 Å². The molecule has 1 aromatic heterocycles. The molecule has 0 spiro atoms. The third-order valence-corrected chi connectivity index (χ3v) is 6.61. The van der Waals surface area contributed by atoms with Gasteiger partial charge in [0, 0.05) is 11.6 Å². The van der Waals surface area contributed by atoms with E-state index in [0.29, 0.717) is 0 Å². The number of nitrogens with zero attached hydrogens (tertiary/aromatic N) is 1. The zero-order valence-electron chi connectivity index (χ0n) is 17.0. The van der Waals surface area contributed by atoms with Crippen molar-refractivity contribution in [1.82, 2.24) is 4.98 Å². The quantitative estimate of drug-likeness (QED) is 0.796. The summed E-state index contributed by atoms with van der Waals surface area (Å²) in [5.41, 5.74) is 7.37. The number of aromatic carboxylic acids is 1. The molecule has 2 aromatic rings. The van der Waals surface area contributed by atoms with E-state index < -0.39 is 5.97 Å². The third-order valence-electron chi connectivity index (χ3n) is 6.61. The van der Waals surface area contributed by atoms with Crippen molar-refractivity contribution in [2.75, 3.05) is 0 Å². The van der Waals surface area contributed by atoms with Gasteiger partial charge in [-0.25, -0.2) is 4.79 Å². The Bertz CT molecular complexity index is 913. The summed E-state index contributed by atoms with van der Waals surface area (Å²) in [5.74, 6) is -0.920. The summed E-state index contributed by atoms with van der Waals surface area (Å²) < 4.78 is 0. The van der Waals surface area contributed by atoms with Gasteiger partial charge in [0.1, 0.15) is 0 Å². The molecule has 0 amide bonds. The van der Waals surface area contributed by atoms with Gasteiger partial charge in [0.15, 0.2) is 0 Å². The fraction of sp³-hybridized carbons (Fsp3) is 0.500. The van der Waals surface area contributed by atoms with Crippen molar-refractivity contribution in [1.29, 1.82) is 0 Å². The molecule has 1 saturated carbocycles. The lowest BCUT2D eigenvalue weighted by Gasteiger charge is -2.28. The van der Waals surface area contributed by atoms with Gasteiger partial charge in [-0.05, 0) is 70.9 Å². The summed E-state index contributed by atoms with van der Waals surface area (Å²) >= 11 is 0. The van der Waals surface area contributed by atoms with Gasteiger partial charge >= 0.3 is 5.97 Å². The third kappa shape index (κ3) is 2.88. The monoisotopic (exact) mass is 363 g/mol. The van der Waals surface area contributed by atoms with Crippen molar-refractivity contribution >= 4 is 5.97 Å². The highest BCUT2D eigenvalue weighted by Gasteiger charge is 2.50. The maximum Gasteiger partial charge on any atom is 0.337 e. The SMILES string of the molecule is CC(C)(C)c1cc2c(c(C3(c4ccc(C(=O)O)cn4)CC3)c1)CCC2(C)C. The number of rotatable bonds is 3. The molecule has 1 heterocycles. The fourth-order valence-corrected chi connectivity index (χ4v) is 4.57. The molecule has 0 atom stereocenters. The Labute approximate surface area is 161 Å². The molecule has 3 heteroatoms. The van der Waals surface area contributed by atoms with Gasteiger partial charge in [0.25, 0.3) is 0 Å². The van der Waals surface area contributed by atoms with Gasteiger partial charge in [0.2, 0.25) is 0 Å². The molecule has 2 aliphatic carbocycles. The summed E-state index contributed by atoms with van der Waals surface area (Å²) in [6.45, 7) is 11.5. The van der Waals surface area contributed by atoms with Gasteiger partial charge in [0.05, 0.1) is 11.3 Å². The van der Waals surface area contributed by atoms with E-state index in [0.717, 1.165) is 25.0 Å². The van der Waals surface area contributed by atoms with Crippen LogP contribution < -0.4 is 0 Å². The van der Waals surface area contributed by atoms with Crippen molar-refractivity contribution in [3.05, 3.63) is 64.0 Å². The number of fused-ring (bicyclic) bond motifs is 1. The van der Waals surface area contributed by atoms with E-state index in [9.17, 15) is 9.90 Å². The number of benzene rings is 1. The summed E-state index contributed by atoms with van der Waals surface area (Å²) in [7, 11) is 0. The number of carbonyl (C=O) groups is 1. The van der Waals surface area contributed by atoms with Gasteiger partial charge in [-0.3, -0.25) is 4.98 Å². The Hall–Kier alpha value is -2.16. The molecular weight excluding hydrogens is 334 g/mol. The van der Waals surface area contributed by atoms with E-state index in [4.69, 9.17) is 0 Å².